The molecule has 1 heterocycles. The summed E-state index contributed by atoms with van der Waals surface area (Å²) < 4.78 is 5.26. The highest BCUT2D eigenvalue weighted by atomic mass is 35.5. The maximum Gasteiger partial charge on any atom is 0.335 e. The second-order valence-electron chi connectivity index (χ2n) is 4.03. The van der Waals surface area contributed by atoms with Crippen molar-refractivity contribution in [2.24, 2.45) is 0 Å². The lowest BCUT2D eigenvalue weighted by molar-refractivity contribution is -0.118. The molecule has 6 nitrogen and oxygen atoms in total. The molecule has 1 aromatic carbocycles. The summed E-state index contributed by atoms with van der Waals surface area (Å²) in [6.45, 7) is -0.237. The number of halogens is 1. The summed E-state index contributed by atoms with van der Waals surface area (Å²) in [4.78, 5) is 26.4. The van der Waals surface area contributed by atoms with Crippen LogP contribution in [0.5, 0.6) is 5.75 Å². The van der Waals surface area contributed by atoms with Crippen LogP contribution < -0.4 is 10.1 Å². The third-order valence-corrected chi connectivity index (χ3v) is 2.68. The highest BCUT2D eigenvalue weighted by molar-refractivity contribution is 6.30. The molecule has 2 rings (SSSR count). The average Bonchev–Trinajstić information content (AvgIpc) is 2.45. The van der Waals surface area contributed by atoms with Crippen molar-refractivity contribution in [1.29, 1.82) is 0 Å². The molecule has 1 aromatic heterocycles. The number of carbonyl (C=O) groups is 2. The molecule has 1 amide bonds. The van der Waals surface area contributed by atoms with E-state index in [1.165, 1.54) is 18.3 Å². The van der Waals surface area contributed by atoms with Crippen LogP contribution in [0, 0.1) is 0 Å². The van der Waals surface area contributed by atoms with Gasteiger partial charge in [0.15, 0.2) is 6.61 Å². The summed E-state index contributed by atoms with van der Waals surface area (Å²) in [5.74, 6) is -0.937. The number of carboxylic acids is 1. The van der Waals surface area contributed by atoms with Crippen LogP contribution in [0.3, 0.4) is 0 Å². The maximum absolute atomic E-state index is 11.7. The Balaban J connectivity index is 1.93. The van der Waals surface area contributed by atoms with E-state index in [2.05, 4.69) is 10.3 Å². The van der Waals surface area contributed by atoms with Crippen LogP contribution in [-0.4, -0.2) is 28.6 Å². The summed E-state index contributed by atoms with van der Waals surface area (Å²) in [5.41, 5.74) is 0.0380. The second kappa shape index (κ2) is 6.71. The van der Waals surface area contributed by atoms with Gasteiger partial charge in [0.1, 0.15) is 11.6 Å². The molecule has 2 N–H and O–H groups in total. The van der Waals surface area contributed by atoms with Gasteiger partial charge in [-0.2, -0.15) is 0 Å². The van der Waals surface area contributed by atoms with Crippen LogP contribution in [0.4, 0.5) is 5.82 Å². The quantitative estimate of drug-likeness (QED) is 0.885. The number of ether oxygens (including phenoxy) is 1. The Morgan fingerprint density at radius 3 is 2.81 bits per heavy atom. The van der Waals surface area contributed by atoms with Crippen LogP contribution in [-0.2, 0) is 4.79 Å². The first-order valence-electron chi connectivity index (χ1n) is 5.92. The molecular weight excluding hydrogens is 296 g/mol. The molecule has 0 atom stereocenters. The minimum absolute atomic E-state index is 0.0380. The van der Waals surface area contributed by atoms with E-state index in [1.54, 1.807) is 24.3 Å². The van der Waals surface area contributed by atoms with E-state index >= 15 is 0 Å². The molecule has 0 aliphatic heterocycles. The summed E-state index contributed by atoms with van der Waals surface area (Å²) in [6, 6.07) is 9.24. The van der Waals surface area contributed by atoms with Crippen molar-refractivity contribution in [3.05, 3.63) is 53.2 Å². The molecule has 0 bridgehead atoms. The first-order valence-corrected chi connectivity index (χ1v) is 6.30. The monoisotopic (exact) mass is 306 g/mol. The van der Waals surface area contributed by atoms with Gasteiger partial charge in [0.05, 0.1) is 5.56 Å². The zero-order valence-corrected chi connectivity index (χ0v) is 11.5. The van der Waals surface area contributed by atoms with Crippen LogP contribution in [0.25, 0.3) is 0 Å². The molecule has 0 aliphatic carbocycles. The second-order valence-corrected chi connectivity index (χ2v) is 4.47. The third kappa shape index (κ3) is 4.47. The smallest absolute Gasteiger partial charge is 0.335 e. The molecular formula is C14H11ClN2O4. The predicted octanol–water partition coefficient (Wildman–Crippen LogP) is 2.45. The van der Waals surface area contributed by atoms with E-state index in [9.17, 15) is 9.59 Å². The number of carbonyl (C=O) groups excluding carboxylic acids is 1. The van der Waals surface area contributed by atoms with Gasteiger partial charge >= 0.3 is 5.97 Å². The van der Waals surface area contributed by atoms with Gasteiger partial charge in [-0.25, -0.2) is 9.78 Å². The lowest BCUT2D eigenvalue weighted by atomic mass is 10.2. The molecule has 0 aliphatic rings. The fraction of sp³-hybridized carbons (Fsp3) is 0.0714. The van der Waals surface area contributed by atoms with Crippen LogP contribution in [0.1, 0.15) is 10.4 Å². The standard InChI is InChI=1S/C14H11ClN2O4/c15-10-2-1-3-11(7-10)21-8-13(18)17-12-6-9(14(19)20)4-5-16-12/h1-7H,8H2,(H,19,20)(H,16,17,18). The largest absolute Gasteiger partial charge is 0.484 e. The third-order valence-electron chi connectivity index (χ3n) is 2.44. The van der Waals surface area contributed by atoms with Gasteiger partial charge in [-0.3, -0.25) is 4.79 Å². The molecule has 0 saturated heterocycles. The molecule has 0 radical (unpaired) electrons. The average molecular weight is 307 g/mol. The number of amides is 1. The van der Waals surface area contributed by atoms with E-state index in [0.717, 1.165) is 0 Å². The van der Waals surface area contributed by atoms with Crippen LogP contribution in [0.2, 0.25) is 5.02 Å². The first-order chi connectivity index (χ1) is 10.0. The Morgan fingerprint density at radius 1 is 1.29 bits per heavy atom. The van der Waals surface area contributed by atoms with Crippen molar-refractivity contribution in [2.45, 2.75) is 0 Å². The number of anilines is 1. The fourth-order valence-electron chi connectivity index (χ4n) is 1.52. The topological polar surface area (TPSA) is 88.5 Å². The number of hydrogen-bond donors (Lipinski definition) is 2. The van der Waals surface area contributed by atoms with Gasteiger partial charge in [0.2, 0.25) is 0 Å². The van der Waals surface area contributed by atoms with Crippen molar-refractivity contribution < 1.29 is 19.4 Å². The molecule has 21 heavy (non-hydrogen) atoms. The van der Waals surface area contributed by atoms with E-state index in [1.807, 2.05) is 0 Å². The molecule has 108 valence electrons. The maximum atomic E-state index is 11.7. The molecule has 0 fully saturated rings. The van der Waals surface area contributed by atoms with Gasteiger partial charge in [0, 0.05) is 11.2 Å². The van der Waals surface area contributed by atoms with Gasteiger partial charge in [-0.1, -0.05) is 17.7 Å². The number of benzene rings is 1. The minimum Gasteiger partial charge on any atom is -0.484 e. The number of carboxylic acid groups (broad SMARTS) is 1. The zero-order chi connectivity index (χ0) is 15.2. The number of aromatic carboxylic acids is 1. The molecule has 0 spiro atoms. The number of hydrogen-bond acceptors (Lipinski definition) is 4. The Morgan fingerprint density at radius 2 is 2.10 bits per heavy atom. The number of pyridine rings is 1. The van der Waals surface area contributed by atoms with Crippen molar-refractivity contribution >= 4 is 29.3 Å². The van der Waals surface area contributed by atoms with Crippen molar-refractivity contribution in [3.63, 3.8) is 0 Å². The van der Waals surface area contributed by atoms with Gasteiger partial charge in [0.25, 0.3) is 5.91 Å². The van der Waals surface area contributed by atoms with E-state index < -0.39 is 11.9 Å². The van der Waals surface area contributed by atoms with Gasteiger partial charge < -0.3 is 15.2 Å². The summed E-state index contributed by atoms with van der Waals surface area (Å²) in [7, 11) is 0. The van der Waals surface area contributed by atoms with Crippen LogP contribution in [0.15, 0.2) is 42.6 Å². The highest BCUT2D eigenvalue weighted by Gasteiger charge is 2.08. The Hall–Kier alpha value is -2.60. The summed E-state index contributed by atoms with van der Waals surface area (Å²) >= 11 is 5.79. The Labute approximate surface area is 125 Å². The molecule has 0 unspecified atom stereocenters. The SMILES string of the molecule is O=C(COc1cccc(Cl)c1)Nc1cc(C(=O)O)ccn1. The van der Waals surface area contributed by atoms with E-state index in [-0.39, 0.29) is 18.0 Å². The number of rotatable bonds is 5. The predicted molar refractivity (Wildman–Crippen MR) is 76.8 cm³/mol. The molecule has 2 aromatic rings. The lowest BCUT2D eigenvalue weighted by Crippen LogP contribution is -2.21. The lowest BCUT2D eigenvalue weighted by Gasteiger charge is -2.07. The van der Waals surface area contributed by atoms with Gasteiger partial charge in [-0.15, -0.1) is 0 Å². The van der Waals surface area contributed by atoms with Gasteiger partial charge in [-0.05, 0) is 30.3 Å². The Bertz CT molecular complexity index is 676. The highest BCUT2D eigenvalue weighted by Crippen LogP contribution is 2.17. The van der Waals surface area contributed by atoms with E-state index in [4.69, 9.17) is 21.4 Å². The van der Waals surface area contributed by atoms with Crippen molar-refractivity contribution in [1.82, 2.24) is 4.98 Å². The number of aromatic nitrogens is 1. The fourth-order valence-corrected chi connectivity index (χ4v) is 1.70. The van der Waals surface area contributed by atoms with E-state index in [0.29, 0.717) is 10.8 Å². The summed E-state index contributed by atoms with van der Waals surface area (Å²) in [5, 5.41) is 11.8. The normalized spacial score (nSPS) is 9.95. The number of nitrogens with zero attached hydrogens (tertiary/aromatic N) is 1. The van der Waals surface area contributed by atoms with Crippen molar-refractivity contribution in [3.8, 4) is 5.75 Å². The van der Waals surface area contributed by atoms with Crippen LogP contribution >= 0.6 is 11.6 Å². The molecule has 0 saturated carbocycles. The van der Waals surface area contributed by atoms with Crippen molar-refractivity contribution in [2.75, 3.05) is 11.9 Å². The first kappa shape index (κ1) is 14.8. The molecule has 7 heteroatoms. The Kier molecular flexibility index (Phi) is 4.73. The zero-order valence-electron chi connectivity index (χ0n) is 10.7. The minimum atomic E-state index is -1.09. The summed E-state index contributed by atoms with van der Waals surface area (Å²) in [6.07, 6.45) is 1.30. The number of nitrogens with one attached hydrogen (secondary N) is 1.